The van der Waals surface area contributed by atoms with Crippen LogP contribution in [0.5, 0.6) is 0 Å². The number of ether oxygens (including phenoxy) is 1. The number of aliphatic hydroxyl groups excluding tert-OH is 1. The quantitative estimate of drug-likeness (QED) is 0.811. The van der Waals surface area contributed by atoms with Crippen LogP contribution in [-0.2, 0) is 11.3 Å². The van der Waals surface area contributed by atoms with Crippen molar-refractivity contribution in [3.05, 3.63) is 35.4 Å². The maximum absolute atomic E-state index is 9.20. The molecule has 1 heterocycles. The van der Waals surface area contributed by atoms with E-state index in [1.165, 1.54) is 11.1 Å². The summed E-state index contributed by atoms with van der Waals surface area (Å²) in [6.07, 6.45) is 0.926. The van der Waals surface area contributed by atoms with Gasteiger partial charge in [0.1, 0.15) is 0 Å². The SMILES string of the molecule is CCC(CO)NC1COCc2ccccc21. The number of nitrogens with one attached hydrogen (secondary N) is 1. The van der Waals surface area contributed by atoms with Crippen molar-refractivity contribution in [2.75, 3.05) is 13.2 Å². The Hall–Kier alpha value is -0.900. The minimum Gasteiger partial charge on any atom is -0.395 e. The predicted molar refractivity (Wildman–Crippen MR) is 63.1 cm³/mol. The first-order valence-electron chi connectivity index (χ1n) is 5.87. The summed E-state index contributed by atoms with van der Waals surface area (Å²) in [6, 6.07) is 8.69. The second kappa shape index (κ2) is 5.43. The highest BCUT2D eigenvalue weighted by atomic mass is 16.5. The van der Waals surface area contributed by atoms with Gasteiger partial charge >= 0.3 is 0 Å². The highest BCUT2D eigenvalue weighted by molar-refractivity contribution is 5.31. The van der Waals surface area contributed by atoms with Crippen LogP contribution in [0.1, 0.15) is 30.5 Å². The van der Waals surface area contributed by atoms with Crippen molar-refractivity contribution in [2.45, 2.75) is 32.0 Å². The van der Waals surface area contributed by atoms with Gasteiger partial charge in [0, 0.05) is 6.04 Å². The highest BCUT2D eigenvalue weighted by Crippen LogP contribution is 2.24. The van der Waals surface area contributed by atoms with Crippen molar-refractivity contribution >= 4 is 0 Å². The molecule has 1 aromatic rings. The molecule has 0 radical (unpaired) electrons. The number of rotatable bonds is 4. The topological polar surface area (TPSA) is 41.5 Å². The third-order valence-corrected chi connectivity index (χ3v) is 3.12. The second-order valence-corrected chi connectivity index (χ2v) is 4.22. The summed E-state index contributed by atoms with van der Waals surface area (Å²) < 4.78 is 5.55. The first-order chi connectivity index (χ1) is 7.85. The zero-order valence-electron chi connectivity index (χ0n) is 9.65. The number of aliphatic hydroxyl groups is 1. The lowest BCUT2D eigenvalue weighted by Gasteiger charge is -2.29. The van der Waals surface area contributed by atoms with Gasteiger partial charge in [-0.15, -0.1) is 0 Å². The number of benzene rings is 1. The molecule has 1 aliphatic heterocycles. The molecule has 0 fully saturated rings. The fourth-order valence-electron chi connectivity index (χ4n) is 2.10. The van der Waals surface area contributed by atoms with Crippen LogP contribution in [-0.4, -0.2) is 24.4 Å². The summed E-state index contributed by atoms with van der Waals surface area (Å²) in [4.78, 5) is 0. The van der Waals surface area contributed by atoms with Crippen molar-refractivity contribution in [1.29, 1.82) is 0 Å². The van der Waals surface area contributed by atoms with Gasteiger partial charge in [0.15, 0.2) is 0 Å². The fourth-order valence-corrected chi connectivity index (χ4v) is 2.10. The normalized spacial score (nSPS) is 21.5. The summed E-state index contributed by atoms with van der Waals surface area (Å²) >= 11 is 0. The van der Waals surface area contributed by atoms with Crippen LogP contribution in [0.25, 0.3) is 0 Å². The first kappa shape index (κ1) is 11.6. The van der Waals surface area contributed by atoms with Crippen molar-refractivity contribution in [3.63, 3.8) is 0 Å². The molecule has 2 atom stereocenters. The molecule has 2 rings (SSSR count). The molecule has 16 heavy (non-hydrogen) atoms. The summed E-state index contributed by atoms with van der Waals surface area (Å²) in [5.41, 5.74) is 2.56. The third kappa shape index (κ3) is 2.43. The van der Waals surface area contributed by atoms with Crippen LogP contribution in [0, 0.1) is 0 Å². The molecular weight excluding hydrogens is 202 g/mol. The van der Waals surface area contributed by atoms with E-state index in [2.05, 4.69) is 30.4 Å². The Morgan fingerprint density at radius 3 is 3.06 bits per heavy atom. The lowest BCUT2D eigenvalue weighted by atomic mass is 9.98. The molecule has 1 aromatic carbocycles. The van der Waals surface area contributed by atoms with Gasteiger partial charge in [-0.1, -0.05) is 31.2 Å². The average Bonchev–Trinajstić information content (AvgIpc) is 2.36. The Kier molecular flexibility index (Phi) is 3.93. The van der Waals surface area contributed by atoms with E-state index in [9.17, 15) is 5.11 Å². The molecule has 0 saturated heterocycles. The molecule has 0 saturated carbocycles. The molecular formula is C13H19NO2. The molecule has 0 aromatic heterocycles. The van der Waals surface area contributed by atoms with E-state index in [0.29, 0.717) is 13.2 Å². The smallest absolute Gasteiger partial charge is 0.0721 e. The molecule has 3 nitrogen and oxygen atoms in total. The molecule has 1 aliphatic rings. The first-order valence-corrected chi connectivity index (χ1v) is 5.87. The molecule has 0 spiro atoms. The van der Waals surface area contributed by atoms with Gasteiger partial charge in [-0.3, -0.25) is 0 Å². The Labute approximate surface area is 96.4 Å². The number of hydrogen-bond acceptors (Lipinski definition) is 3. The van der Waals surface area contributed by atoms with Crippen LogP contribution in [0.2, 0.25) is 0 Å². The maximum Gasteiger partial charge on any atom is 0.0721 e. The van der Waals surface area contributed by atoms with Crippen LogP contribution in [0.4, 0.5) is 0 Å². The molecule has 2 unspecified atom stereocenters. The second-order valence-electron chi connectivity index (χ2n) is 4.22. The van der Waals surface area contributed by atoms with E-state index in [-0.39, 0.29) is 18.7 Å². The highest BCUT2D eigenvalue weighted by Gasteiger charge is 2.21. The van der Waals surface area contributed by atoms with Crippen LogP contribution >= 0.6 is 0 Å². The van der Waals surface area contributed by atoms with Crippen molar-refractivity contribution in [3.8, 4) is 0 Å². The summed E-state index contributed by atoms with van der Waals surface area (Å²) in [6.45, 7) is 3.64. The van der Waals surface area contributed by atoms with Gasteiger partial charge in [0.25, 0.3) is 0 Å². The van der Waals surface area contributed by atoms with E-state index in [4.69, 9.17) is 4.74 Å². The van der Waals surface area contributed by atoms with E-state index in [0.717, 1.165) is 6.42 Å². The molecule has 88 valence electrons. The van der Waals surface area contributed by atoms with Crippen molar-refractivity contribution in [2.24, 2.45) is 0 Å². The summed E-state index contributed by atoms with van der Waals surface area (Å²) in [5.74, 6) is 0. The van der Waals surface area contributed by atoms with Gasteiger partial charge in [0.05, 0.1) is 25.9 Å². The fraction of sp³-hybridized carbons (Fsp3) is 0.538. The largest absolute Gasteiger partial charge is 0.395 e. The van der Waals surface area contributed by atoms with Crippen LogP contribution in [0.3, 0.4) is 0 Å². The predicted octanol–water partition coefficient (Wildman–Crippen LogP) is 1.62. The van der Waals surface area contributed by atoms with Gasteiger partial charge in [0.2, 0.25) is 0 Å². The van der Waals surface area contributed by atoms with Crippen molar-refractivity contribution < 1.29 is 9.84 Å². The minimum absolute atomic E-state index is 0.153. The van der Waals surface area contributed by atoms with Gasteiger partial charge < -0.3 is 15.2 Å². The molecule has 0 bridgehead atoms. The minimum atomic E-state index is 0.153. The van der Waals surface area contributed by atoms with Crippen LogP contribution in [0.15, 0.2) is 24.3 Å². The Morgan fingerprint density at radius 1 is 1.50 bits per heavy atom. The zero-order chi connectivity index (χ0) is 11.4. The third-order valence-electron chi connectivity index (χ3n) is 3.12. The number of hydrogen-bond donors (Lipinski definition) is 2. The van der Waals surface area contributed by atoms with Gasteiger partial charge in [-0.05, 0) is 17.5 Å². The summed E-state index contributed by atoms with van der Waals surface area (Å²) in [5, 5.41) is 12.6. The van der Waals surface area contributed by atoms with E-state index in [1.54, 1.807) is 0 Å². The maximum atomic E-state index is 9.20. The molecule has 2 N–H and O–H groups in total. The monoisotopic (exact) mass is 221 g/mol. The van der Waals surface area contributed by atoms with Crippen molar-refractivity contribution in [1.82, 2.24) is 5.32 Å². The summed E-state index contributed by atoms with van der Waals surface area (Å²) in [7, 11) is 0. The number of fused-ring (bicyclic) bond motifs is 1. The standard InChI is InChI=1S/C13H19NO2/c1-2-11(7-15)14-13-9-16-8-10-5-3-4-6-12(10)13/h3-6,11,13-15H,2,7-9H2,1H3. The van der Waals surface area contributed by atoms with E-state index >= 15 is 0 Å². The molecule has 0 aliphatic carbocycles. The molecule has 0 amide bonds. The van der Waals surface area contributed by atoms with E-state index < -0.39 is 0 Å². The van der Waals surface area contributed by atoms with Crippen LogP contribution < -0.4 is 5.32 Å². The lowest BCUT2D eigenvalue weighted by molar-refractivity contribution is 0.0742. The Balaban J connectivity index is 2.12. The zero-order valence-corrected chi connectivity index (χ0v) is 9.65. The van der Waals surface area contributed by atoms with Gasteiger partial charge in [-0.2, -0.15) is 0 Å². The Bertz CT molecular complexity index is 336. The van der Waals surface area contributed by atoms with Gasteiger partial charge in [-0.25, -0.2) is 0 Å². The molecule has 3 heteroatoms. The lowest BCUT2D eigenvalue weighted by Crippen LogP contribution is -2.39. The van der Waals surface area contributed by atoms with E-state index in [1.807, 2.05) is 6.07 Å². The average molecular weight is 221 g/mol. The Morgan fingerprint density at radius 2 is 2.31 bits per heavy atom.